The average molecular weight is 310 g/mol. The highest BCUT2D eigenvalue weighted by atomic mass is 32.1. The molecule has 3 heterocycles. The minimum absolute atomic E-state index is 0.961. The molecule has 0 bridgehead atoms. The first-order chi connectivity index (χ1) is 10.3. The minimum Gasteiger partial charge on any atom is -0.455 e. The quantitative estimate of drug-likeness (QED) is 0.411. The van der Waals surface area contributed by atoms with Crippen LogP contribution in [0.25, 0.3) is 32.0 Å². The Kier molecular flexibility index (Phi) is 2.98. The van der Waals surface area contributed by atoms with Crippen LogP contribution in [0.2, 0.25) is 0 Å². The zero-order valence-electron chi connectivity index (χ0n) is 11.8. The van der Waals surface area contributed by atoms with Gasteiger partial charge in [-0.05, 0) is 53.9 Å². The van der Waals surface area contributed by atoms with Gasteiger partial charge in [0, 0.05) is 15.8 Å². The number of hydrogen-bond acceptors (Lipinski definition) is 3. The van der Waals surface area contributed by atoms with Crippen LogP contribution in [0.5, 0.6) is 0 Å². The summed E-state index contributed by atoms with van der Waals surface area (Å²) in [6, 6.07) is 12.6. The third-order valence-electron chi connectivity index (χ3n) is 3.75. The number of furan rings is 1. The van der Waals surface area contributed by atoms with Gasteiger partial charge < -0.3 is 4.42 Å². The van der Waals surface area contributed by atoms with Gasteiger partial charge in [0.15, 0.2) is 5.76 Å². The summed E-state index contributed by atoms with van der Waals surface area (Å²) < 4.78 is 6.22. The maximum atomic E-state index is 6.22. The topological polar surface area (TPSA) is 13.1 Å². The zero-order chi connectivity index (χ0) is 14.4. The van der Waals surface area contributed by atoms with E-state index in [1.54, 1.807) is 22.7 Å². The smallest absolute Gasteiger partial charge is 0.154 e. The van der Waals surface area contributed by atoms with Gasteiger partial charge in [0.25, 0.3) is 0 Å². The third kappa shape index (κ3) is 1.96. The highest BCUT2D eigenvalue weighted by molar-refractivity contribution is 7.15. The fourth-order valence-electron chi connectivity index (χ4n) is 2.66. The number of thiophene rings is 2. The van der Waals surface area contributed by atoms with Crippen molar-refractivity contribution < 1.29 is 4.42 Å². The fourth-order valence-corrected chi connectivity index (χ4v) is 4.56. The lowest BCUT2D eigenvalue weighted by Crippen LogP contribution is -1.79. The Bertz CT molecular complexity index is 924. The van der Waals surface area contributed by atoms with Crippen molar-refractivity contribution in [3.8, 4) is 21.1 Å². The molecule has 0 radical (unpaired) electrons. The van der Waals surface area contributed by atoms with Gasteiger partial charge in [-0.25, -0.2) is 0 Å². The molecular weight excluding hydrogens is 296 g/mol. The standard InChI is InChI=1S/C18H14OS2/c1-11-7-9-20-17(11)15-13-5-3-4-6-14(13)19-16(15)18-12(2)8-10-21-18/h3-10H,1-2H3. The van der Waals surface area contributed by atoms with Crippen molar-refractivity contribution in [1.82, 2.24) is 0 Å². The molecule has 0 amide bonds. The van der Waals surface area contributed by atoms with Crippen molar-refractivity contribution in [1.29, 1.82) is 0 Å². The molecule has 0 unspecified atom stereocenters. The van der Waals surface area contributed by atoms with E-state index in [1.165, 1.54) is 31.8 Å². The Labute approximate surface area is 131 Å². The molecule has 1 aromatic carbocycles. The van der Waals surface area contributed by atoms with Crippen molar-refractivity contribution in [2.45, 2.75) is 13.8 Å². The Morgan fingerprint density at radius 3 is 2.14 bits per heavy atom. The van der Waals surface area contributed by atoms with Crippen molar-refractivity contribution in [3.63, 3.8) is 0 Å². The summed E-state index contributed by atoms with van der Waals surface area (Å²) in [4.78, 5) is 2.54. The average Bonchev–Trinajstić information content (AvgIpc) is 3.16. The Hall–Kier alpha value is -1.84. The molecule has 21 heavy (non-hydrogen) atoms. The minimum atomic E-state index is 0.961. The van der Waals surface area contributed by atoms with Crippen LogP contribution >= 0.6 is 22.7 Å². The van der Waals surface area contributed by atoms with Crippen LogP contribution in [0, 0.1) is 13.8 Å². The molecule has 1 nitrogen and oxygen atoms in total. The van der Waals surface area contributed by atoms with Crippen LogP contribution < -0.4 is 0 Å². The van der Waals surface area contributed by atoms with E-state index in [2.05, 4.69) is 48.9 Å². The SMILES string of the molecule is Cc1ccsc1-c1oc2ccccc2c1-c1sccc1C. The number of benzene rings is 1. The van der Waals surface area contributed by atoms with E-state index in [0.717, 1.165) is 11.3 Å². The van der Waals surface area contributed by atoms with Gasteiger partial charge in [-0.1, -0.05) is 18.2 Å². The third-order valence-corrected chi connectivity index (χ3v) is 5.80. The lowest BCUT2D eigenvalue weighted by molar-refractivity contribution is 0.634. The first-order valence-electron chi connectivity index (χ1n) is 6.86. The van der Waals surface area contributed by atoms with Crippen LogP contribution in [0.1, 0.15) is 11.1 Å². The van der Waals surface area contributed by atoms with Crippen LogP contribution in [0.15, 0.2) is 51.6 Å². The number of para-hydroxylation sites is 1. The molecule has 0 atom stereocenters. The van der Waals surface area contributed by atoms with Gasteiger partial charge in [-0.2, -0.15) is 0 Å². The summed E-state index contributed by atoms with van der Waals surface area (Å²) in [7, 11) is 0. The highest BCUT2D eigenvalue weighted by Gasteiger charge is 2.21. The molecule has 0 N–H and O–H groups in total. The van der Waals surface area contributed by atoms with Crippen LogP contribution in [0.3, 0.4) is 0 Å². The summed E-state index contributed by atoms with van der Waals surface area (Å²) in [6.45, 7) is 4.31. The van der Waals surface area contributed by atoms with Gasteiger partial charge in [-0.15, -0.1) is 22.7 Å². The lowest BCUT2D eigenvalue weighted by Gasteiger charge is -2.02. The predicted octanol–water partition coefficient (Wildman–Crippen LogP) is 6.51. The molecule has 4 rings (SSSR count). The van der Waals surface area contributed by atoms with E-state index in [1.807, 2.05) is 12.1 Å². The van der Waals surface area contributed by atoms with Crippen molar-refractivity contribution in [2.75, 3.05) is 0 Å². The van der Waals surface area contributed by atoms with Crippen LogP contribution in [-0.2, 0) is 0 Å². The molecule has 0 fully saturated rings. The van der Waals surface area contributed by atoms with Crippen LogP contribution in [0.4, 0.5) is 0 Å². The normalized spacial score (nSPS) is 11.3. The second kappa shape index (κ2) is 4.86. The van der Waals surface area contributed by atoms with E-state index in [0.29, 0.717) is 0 Å². The fraction of sp³-hybridized carbons (Fsp3) is 0.111. The van der Waals surface area contributed by atoms with Gasteiger partial charge in [0.05, 0.1) is 4.88 Å². The summed E-state index contributed by atoms with van der Waals surface area (Å²) >= 11 is 3.53. The monoisotopic (exact) mass is 310 g/mol. The number of fused-ring (bicyclic) bond motifs is 1. The maximum absolute atomic E-state index is 6.22. The Balaban J connectivity index is 2.12. The number of hydrogen-bond donors (Lipinski definition) is 0. The Morgan fingerprint density at radius 1 is 0.810 bits per heavy atom. The molecule has 0 aliphatic rings. The van der Waals surface area contributed by atoms with Crippen molar-refractivity contribution >= 4 is 33.6 Å². The van der Waals surface area contributed by atoms with E-state index in [-0.39, 0.29) is 0 Å². The van der Waals surface area contributed by atoms with Crippen LogP contribution in [-0.4, -0.2) is 0 Å². The first-order valence-corrected chi connectivity index (χ1v) is 8.62. The molecule has 0 saturated heterocycles. The zero-order valence-corrected chi connectivity index (χ0v) is 13.5. The van der Waals surface area contributed by atoms with Crippen molar-refractivity contribution in [2.24, 2.45) is 0 Å². The molecule has 0 spiro atoms. The summed E-state index contributed by atoms with van der Waals surface area (Å²) in [5, 5.41) is 5.48. The molecular formula is C18H14OS2. The molecule has 3 aromatic heterocycles. The van der Waals surface area contributed by atoms with E-state index in [4.69, 9.17) is 4.42 Å². The van der Waals surface area contributed by atoms with Gasteiger partial charge in [0.2, 0.25) is 0 Å². The van der Waals surface area contributed by atoms with Gasteiger partial charge in [-0.3, -0.25) is 0 Å². The second-order valence-corrected chi connectivity index (χ2v) is 7.00. The van der Waals surface area contributed by atoms with E-state index in [9.17, 15) is 0 Å². The number of aryl methyl sites for hydroxylation is 2. The van der Waals surface area contributed by atoms with Gasteiger partial charge >= 0.3 is 0 Å². The molecule has 4 aromatic rings. The van der Waals surface area contributed by atoms with Crippen molar-refractivity contribution in [3.05, 3.63) is 58.3 Å². The molecule has 3 heteroatoms. The Morgan fingerprint density at radius 2 is 1.48 bits per heavy atom. The van der Waals surface area contributed by atoms with E-state index < -0.39 is 0 Å². The molecule has 0 aliphatic carbocycles. The molecule has 0 aliphatic heterocycles. The summed E-state index contributed by atoms with van der Waals surface area (Å²) in [5.74, 6) is 1.01. The van der Waals surface area contributed by atoms with Gasteiger partial charge in [0.1, 0.15) is 5.58 Å². The highest BCUT2D eigenvalue weighted by Crippen LogP contribution is 2.46. The first kappa shape index (κ1) is 12.9. The second-order valence-electron chi connectivity index (χ2n) is 5.17. The molecule has 0 saturated carbocycles. The number of rotatable bonds is 2. The largest absolute Gasteiger partial charge is 0.455 e. The maximum Gasteiger partial charge on any atom is 0.154 e. The summed E-state index contributed by atoms with van der Waals surface area (Å²) in [6.07, 6.45) is 0. The molecule has 104 valence electrons. The lowest BCUT2D eigenvalue weighted by atomic mass is 10.0. The summed E-state index contributed by atoms with van der Waals surface area (Å²) in [5.41, 5.74) is 4.78. The predicted molar refractivity (Wildman–Crippen MR) is 92.3 cm³/mol. The van der Waals surface area contributed by atoms with E-state index >= 15 is 0 Å².